The molecule has 174 valence electrons. The molecule has 1 aromatic heterocycles. The highest BCUT2D eigenvalue weighted by atomic mass is 32.2. The molecule has 0 aliphatic carbocycles. The van der Waals surface area contributed by atoms with E-state index in [9.17, 15) is 13.2 Å². The molecule has 35 heavy (non-hydrogen) atoms. The van der Waals surface area contributed by atoms with Crippen molar-refractivity contribution in [3.05, 3.63) is 96.6 Å². The summed E-state index contributed by atoms with van der Waals surface area (Å²) in [5.74, 6) is -0.151. The van der Waals surface area contributed by atoms with E-state index in [0.717, 1.165) is 22.0 Å². The van der Waals surface area contributed by atoms with Crippen LogP contribution in [0, 0.1) is 0 Å². The lowest BCUT2D eigenvalue weighted by Crippen LogP contribution is -2.24. The Labute approximate surface area is 207 Å². The molecule has 5 aromatic rings. The lowest BCUT2D eigenvalue weighted by molar-refractivity contribution is -0.115. The average Bonchev–Trinajstić information content (AvgIpc) is 3.17. The standard InChI is InChI=1S/C27H21N3O3S2/c31-26-25(16-14-19-8-3-4-10-22(19)28-26)34-27-29-23-11-5-6-12-24(23)30(27)35(32,33)21-15-13-18-7-1-2-9-20(18)17-21/h1-13,15,17,25H,14,16H2,(H,28,31). The first kappa shape index (κ1) is 21.9. The van der Waals surface area contributed by atoms with Gasteiger partial charge in [-0.15, -0.1) is 0 Å². The van der Waals surface area contributed by atoms with Crippen molar-refractivity contribution in [2.24, 2.45) is 0 Å². The quantitative estimate of drug-likeness (QED) is 0.355. The second-order valence-electron chi connectivity index (χ2n) is 8.45. The smallest absolute Gasteiger partial charge is 0.270 e. The van der Waals surface area contributed by atoms with Gasteiger partial charge in [-0.1, -0.05) is 72.4 Å². The SMILES string of the molecule is O=C1Nc2ccccc2CCC1Sc1nc2ccccc2n1S(=O)(=O)c1ccc2ccccc2c1. The van der Waals surface area contributed by atoms with E-state index in [1.54, 1.807) is 30.3 Å². The molecule has 6 rings (SSSR count). The summed E-state index contributed by atoms with van der Waals surface area (Å²) in [7, 11) is -3.97. The number of amides is 1. The normalized spacial score (nSPS) is 16.1. The number of rotatable bonds is 4. The van der Waals surface area contributed by atoms with Crippen molar-refractivity contribution in [3.8, 4) is 0 Å². The Hall–Kier alpha value is -3.62. The highest BCUT2D eigenvalue weighted by molar-refractivity contribution is 8.01. The zero-order valence-corrected chi connectivity index (χ0v) is 20.2. The Morgan fingerprint density at radius 3 is 2.51 bits per heavy atom. The zero-order valence-electron chi connectivity index (χ0n) is 18.6. The van der Waals surface area contributed by atoms with Crippen molar-refractivity contribution in [2.75, 3.05) is 5.32 Å². The highest BCUT2D eigenvalue weighted by Crippen LogP contribution is 2.35. The molecule has 8 heteroatoms. The maximum atomic E-state index is 14.0. The van der Waals surface area contributed by atoms with Gasteiger partial charge < -0.3 is 5.32 Å². The van der Waals surface area contributed by atoms with Gasteiger partial charge in [-0.25, -0.2) is 17.4 Å². The minimum absolute atomic E-state index is 0.151. The number of hydrogen-bond donors (Lipinski definition) is 1. The molecule has 0 bridgehead atoms. The topological polar surface area (TPSA) is 81.1 Å². The lowest BCUT2D eigenvalue weighted by atomic mass is 10.1. The Morgan fingerprint density at radius 2 is 1.63 bits per heavy atom. The van der Waals surface area contributed by atoms with Gasteiger partial charge >= 0.3 is 0 Å². The number of anilines is 1. The number of aryl methyl sites for hydroxylation is 1. The third-order valence-electron chi connectivity index (χ3n) is 6.24. The fourth-order valence-corrected chi connectivity index (χ4v) is 7.26. The van der Waals surface area contributed by atoms with Gasteiger partial charge in [0.15, 0.2) is 5.16 Å². The molecule has 2 heterocycles. The number of carbonyl (C=O) groups excluding carboxylic acids is 1. The summed E-state index contributed by atoms with van der Waals surface area (Å²) < 4.78 is 29.2. The molecule has 0 saturated heterocycles. The maximum absolute atomic E-state index is 14.0. The number of thioether (sulfide) groups is 1. The first-order chi connectivity index (χ1) is 17.0. The highest BCUT2D eigenvalue weighted by Gasteiger charge is 2.30. The lowest BCUT2D eigenvalue weighted by Gasteiger charge is -2.15. The molecule has 0 radical (unpaired) electrons. The molecule has 0 saturated carbocycles. The van der Waals surface area contributed by atoms with Crippen molar-refractivity contribution < 1.29 is 13.2 Å². The van der Waals surface area contributed by atoms with E-state index in [4.69, 9.17) is 0 Å². The van der Waals surface area contributed by atoms with E-state index in [1.165, 1.54) is 15.7 Å². The Balaban J connectivity index is 1.43. The van der Waals surface area contributed by atoms with Gasteiger partial charge in [0.1, 0.15) is 0 Å². The molecule has 1 N–H and O–H groups in total. The molecular weight excluding hydrogens is 478 g/mol. The van der Waals surface area contributed by atoms with Crippen LogP contribution >= 0.6 is 11.8 Å². The summed E-state index contributed by atoms with van der Waals surface area (Å²) in [6, 6.07) is 27.6. The summed E-state index contributed by atoms with van der Waals surface area (Å²) in [6.45, 7) is 0. The fourth-order valence-electron chi connectivity index (χ4n) is 4.45. The first-order valence-electron chi connectivity index (χ1n) is 11.3. The van der Waals surface area contributed by atoms with Crippen LogP contribution in [0.4, 0.5) is 5.69 Å². The molecular formula is C27H21N3O3S2. The third-order valence-corrected chi connectivity index (χ3v) is 9.28. The van der Waals surface area contributed by atoms with Crippen LogP contribution in [0.15, 0.2) is 101 Å². The van der Waals surface area contributed by atoms with Crippen LogP contribution in [0.5, 0.6) is 0 Å². The molecule has 4 aromatic carbocycles. The predicted molar refractivity (Wildman–Crippen MR) is 139 cm³/mol. The third kappa shape index (κ3) is 3.88. The Kier molecular flexibility index (Phi) is 5.35. The largest absolute Gasteiger partial charge is 0.325 e. The predicted octanol–water partition coefficient (Wildman–Crippen LogP) is 5.47. The van der Waals surface area contributed by atoms with E-state index in [-0.39, 0.29) is 16.0 Å². The number of benzene rings is 4. The monoisotopic (exact) mass is 499 g/mol. The summed E-state index contributed by atoms with van der Waals surface area (Å²) in [6.07, 6.45) is 1.29. The summed E-state index contributed by atoms with van der Waals surface area (Å²) in [5, 5.41) is 4.60. The van der Waals surface area contributed by atoms with Gasteiger partial charge in [0, 0.05) is 5.69 Å². The molecule has 1 amide bonds. The summed E-state index contributed by atoms with van der Waals surface area (Å²) in [5.41, 5.74) is 2.93. The van der Waals surface area contributed by atoms with Gasteiger partial charge in [-0.2, -0.15) is 0 Å². The van der Waals surface area contributed by atoms with Crippen molar-refractivity contribution in [3.63, 3.8) is 0 Å². The van der Waals surface area contributed by atoms with E-state index >= 15 is 0 Å². The van der Waals surface area contributed by atoms with Crippen LogP contribution in [-0.2, 0) is 21.2 Å². The first-order valence-corrected chi connectivity index (χ1v) is 13.6. The van der Waals surface area contributed by atoms with E-state index in [1.807, 2.05) is 60.7 Å². The number of para-hydroxylation sites is 3. The van der Waals surface area contributed by atoms with Crippen molar-refractivity contribution in [1.29, 1.82) is 0 Å². The molecule has 1 aliphatic heterocycles. The Bertz CT molecular complexity index is 1710. The molecule has 6 nitrogen and oxygen atoms in total. The second-order valence-corrected chi connectivity index (χ2v) is 11.4. The molecule has 1 aliphatic rings. The summed E-state index contributed by atoms with van der Waals surface area (Å²) >= 11 is 1.19. The number of imidazole rings is 1. The van der Waals surface area contributed by atoms with Crippen LogP contribution in [0.2, 0.25) is 0 Å². The number of hydrogen-bond acceptors (Lipinski definition) is 5. The fraction of sp³-hybridized carbons (Fsp3) is 0.111. The second kappa shape index (κ2) is 8.55. The van der Waals surface area contributed by atoms with Gasteiger partial charge in [0.05, 0.1) is 21.2 Å². The number of carbonyl (C=O) groups is 1. The average molecular weight is 500 g/mol. The van der Waals surface area contributed by atoms with E-state index < -0.39 is 15.3 Å². The van der Waals surface area contributed by atoms with Gasteiger partial charge in [0.25, 0.3) is 10.0 Å². The van der Waals surface area contributed by atoms with Crippen LogP contribution < -0.4 is 5.32 Å². The molecule has 0 fully saturated rings. The van der Waals surface area contributed by atoms with Gasteiger partial charge in [0.2, 0.25) is 5.91 Å². The number of nitrogens with zero attached hydrogens (tertiary/aromatic N) is 2. The maximum Gasteiger partial charge on any atom is 0.270 e. The van der Waals surface area contributed by atoms with Crippen LogP contribution in [0.3, 0.4) is 0 Å². The van der Waals surface area contributed by atoms with Crippen molar-refractivity contribution >= 4 is 55.2 Å². The molecule has 1 atom stereocenters. The number of aromatic nitrogens is 2. The minimum atomic E-state index is -3.97. The minimum Gasteiger partial charge on any atom is -0.325 e. The number of nitrogens with one attached hydrogen (secondary N) is 1. The van der Waals surface area contributed by atoms with Crippen molar-refractivity contribution in [2.45, 2.75) is 28.1 Å². The van der Waals surface area contributed by atoms with Crippen LogP contribution in [-0.4, -0.2) is 28.5 Å². The molecule has 1 unspecified atom stereocenters. The Morgan fingerprint density at radius 1 is 0.886 bits per heavy atom. The molecule has 0 spiro atoms. The van der Waals surface area contributed by atoms with Gasteiger partial charge in [-0.3, -0.25) is 4.79 Å². The van der Waals surface area contributed by atoms with Crippen LogP contribution in [0.1, 0.15) is 12.0 Å². The van der Waals surface area contributed by atoms with Crippen LogP contribution in [0.25, 0.3) is 21.8 Å². The van der Waals surface area contributed by atoms with Gasteiger partial charge in [-0.05, 0) is 59.5 Å². The zero-order chi connectivity index (χ0) is 24.0. The van der Waals surface area contributed by atoms with E-state index in [2.05, 4.69) is 10.3 Å². The summed E-state index contributed by atoms with van der Waals surface area (Å²) in [4.78, 5) is 17.9. The number of fused-ring (bicyclic) bond motifs is 3. The van der Waals surface area contributed by atoms with E-state index in [0.29, 0.717) is 23.9 Å². The van der Waals surface area contributed by atoms with Crippen molar-refractivity contribution in [1.82, 2.24) is 8.96 Å².